The standard InChI is InChI=1S/C28H34Cl2FN3O4/c1-27(2,3)15-21-28(18-9-8-16(29)14-20(18)33-26(28)36)22(17-6-5-7-19(30)23(17)31)24(34-21)25(35)32-10-11-38-13-12-37-4/h5-9,14,21-22,24,34H,10-13,15H2,1-4H3,(H,32,35)(H,33,36)/t21?,22-,24+,28-/m0/s1. The van der Waals surface area contributed by atoms with Crippen molar-refractivity contribution in [3.05, 3.63) is 63.4 Å². The summed E-state index contributed by atoms with van der Waals surface area (Å²) in [6.07, 6.45) is 0.547. The van der Waals surface area contributed by atoms with Gasteiger partial charge in [0.25, 0.3) is 0 Å². The number of carbonyl (C=O) groups is 2. The third-order valence-corrected chi connectivity index (χ3v) is 7.73. The molecule has 0 aliphatic carbocycles. The van der Waals surface area contributed by atoms with Crippen molar-refractivity contribution in [2.45, 2.75) is 50.6 Å². The number of methoxy groups -OCH3 is 1. The van der Waals surface area contributed by atoms with Gasteiger partial charge in [-0.3, -0.25) is 9.59 Å². The average Bonchev–Trinajstić information content (AvgIpc) is 3.31. The van der Waals surface area contributed by atoms with E-state index in [-0.39, 0.29) is 41.0 Å². The second kappa shape index (κ2) is 11.5. The van der Waals surface area contributed by atoms with Gasteiger partial charge in [-0.25, -0.2) is 4.39 Å². The van der Waals surface area contributed by atoms with Crippen LogP contribution in [-0.4, -0.2) is 57.4 Å². The number of hydrogen-bond acceptors (Lipinski definition) is 5. The molecule has 2 aliphatic heterocycles. The zero-order valence-electron chi connectivity index (χ0n) is 22.0. The molecule has 2 aromatic rings. The Bertz CT molecular complexity index is 1210. The van der Waals surface area contributed by atoms with E-state index >= 15 is 4.39 Å². The van der Waals surface area contributed by atoms with E-state index in [0.29, 0.717) is 35.9 Å². The van der Waals surface area contributed by atoms with Crippen molar-refractivity contribution in [3.63, 3.8) is 0 Å². The Morgan fingerprint density at radius 2 is 1.92 bits per heavy atom. The molecule has 2 heterocycles. The topological polar surface area (TPSA) is 88.7 Å². The van der Waals surface area contributed by atoms with Crippen LogP contribution in [0.4, 0.5) is 10.1 Å². The molecule has 3 N–H and O–H groups in total. The summed E-state index contributed by atoms with van der Waals surface area (Å²) >= 11 is 12.5. The largest absolute Gasteiger partial charge is 0.382 e. The molecule has 38 heavy (non-hydrogen) atoms. The van der Waals surface area contributed by atoms with Crippen molar-refractivity contribution in [1.82, 2.24) is 10.6 Å². The van der Waals surface area contributed by atoms with E-state index in [2.05, 4.69) is 36.7 Å². The minimum atomic E-state index is -1.28. The first-order valence-corrected chi connectivity index (χ1v) is 13.4. The zero-order chi connectivity index (χ0) is 27.7. The third kappa shape index (κ3) is 5.42. The molecule has 2 amide bonds. The van der Waals surface area contributed by atoms with Crippen LogP contribution >= 0.6 is 23.2 Å². The Morgan fingerprint density at radius 3 is 2.63 bits per heavy atom. The van der Waals surface area contributed by atoms with Crippen LogP contribution in [0.3, 0.4) is 0 Å². The number of carbonyl (C=O) groups excluding carboxylic acids is 2. The van der Waals surface area contributed by atoms with Gasteiger partial charge in [-0.1, -0.05) is 62.2 Å². The van der Waals surface area contributed by atoms with Crippen molar-refractivity contribution < 1.29 is 23.5 Å². The molecule has 0 bridgehead atoms. The van der Waals surface area contributed by atoms with Gasteiger partial charge in [-0.15, -0.1) is 0 Å². The monoisotopic (exact) mass is 565 g/mol. The first-order chi connectivity index (χ1) is 18.0. The highest BCUT2D eigenvalue weighted by molar-refractivity contribution is 6.31. The van der Waals surface area contributed by atoms with Gasteiger partial charge < -0.3 is 25.4 Å². The van der Waals surface area contributed by atoms with E-state index in [0.717, 1.165) is 0 Å². The van der Waals surface area contributed by atoms with E-state index < -0.39 is 29.2 Å². The highest BCUT2D eigenvalue weighted by atomic mass is 35.5. The molecule has 206 valence electrons. The number of rotatable bonds is 9. The van der Waals surface area contributed by atoms with Crippen molar-refractivity contribution in [3.8, 4) is 0 Å². The predicted octanol–water partition coefficient (Wildman–Crippen LogP) is 4.66. The first-order valence-electron chi connectivity index (χ1n) is 12.7. The molecular formula is C28H34Cl2FN3O4. The van der Waals surface area contributed by atoms with Crippen LogP contribution in [0.15, 0.2) is 36.4 Å². The van der Waals surface area contributed by atoms with Crippen LogP contribution in [0.2, 0.25) is 10.0 Å². The molecule has 1 spiro atoms. The summed E-state index contributed by atoms with van der Waals surface area (Å²) in [6.45, 7) is 7.59. The van der Waals surface area contributed by atoms with Gasteiger partial charge in [0.15, 0.2) is 0 Å². The summed E-state index contributed by atoms with van der Waals surface area (Å²) in [5.74, 6) is -2.19. The summed E-state index contributed by atoms with van der Waals surface area (Å²) in [5, 5.41) is 9.71. The predicted molar refractivity (Wildman–Crippen MR) is 146 cm³/mol. The lowest BCUT2D eigenvalue weighted by Gasteiger charge is -2.37. The van der Waals surface area contributed by atoms with E-state index in [1.54, 1.807) is 37.4 Å². The fourth-order valence-corrected chi connectivity index (χ4v) is 6.11. The molecule has 1 unspecified atom stereocenters. The number of halogens is 3. The molecule has 0 radical (unpaired) electrons. The smallest absolute Gasteiger partial charge is 0.237 e. The summed E-state index contributed by atoms with van der Waals surface area (Å²) in [7, 11) is 1.58. The number of nitrogens with one attached hydrogen (secondary N) is 3. The van der Waals surface area contributed by atoms with Gasteiger partial charge in [0, 0.05) is 36.3 Å². The Hall–Kier alpha value is -2.23. The summed E-state index contributed by atoms with van der Waals surface area (Å²) in [4.78, 5) is 27.7. The van der Waals surface area contributed by atoms with Crippen LogP contribution in [0.1, 0.15) is 44.2 Å². The van der Waals surface area contributed by atoms with Gasteiger partial charge in [-0.05, 0) is 41.2 Å². The molecule has 1 saturated heterocycles. The lowest BCUT2D eigenvalue weighted by atomic mass is 9.62. The molecule has 4 rings (SSSR count). The summed E-state index contributed by atoms with van der Waals surface area (Å²) in [5.41, 5.74) is -0.0521. The minimum absolute atomic E-state index is 0.0719. The molecule has 2 aromatic carbocycles. The number of fused-ring (bicyclic) bond motifs is 2. The van der Waals surface area contributed by atoms with Gasteiger partial charge in [0.1, 0.15) is 11.2 Å². The van der Waals surface area contributed by atoms with Crippen LogP contribution in [-0.2, 0) is 24.5 Å². The van der Waals surface area contributed by atoms with Crippen LogP contribution < -0.4 is 16.0 Å². The molecule has 1 fully saturated rings. The minimum Gasteiger partial charge on any atom is -0.382 e. The number of benzene rings is 2. The molecule has 7 nitrogen and oxygen atoms in total. The highest BCUT2D eigenvalue weighted by Gasteiger charge is 2.66. The average molecular weight is 567 g/mol. The maximum Gasteiger partial charge on any atom is 0.237 e. The van der Waals surface area contributed by atoms with Crippen molar-refractivity contribution >= 4 is 40.7 Å². The van der Waals surface area contributed by atoms with Crippen LogP contribution in [0, 0.1) is 11.2 Å². The van der Waals surface area contributed by atoms with E-state index in [4.69, 9.17) is 32.7 Å². The fourth-order valence-electron chi connectivity index (χ4n) is 5.75. The third-order valence-electron chi connectivity index (χ3n) is 7.20. The molecule has 10 heteroatoms. The van der Waals surface area contributed by atoms with E-state index in [9.17, 15) is 9.59 Å². The Kier molecular flexibility index (Phi) is 8.69. The zero-order valence-corrected chi connectivity index (χ0v) is 23.5. The SMILES string of the molecule is COCCOCCNC(=O)[C@@H]1NC(CC(C)(C)C)[C@]2(C(=O)Nc3cc(Cl)ccc32)[C@H]1c1cccc(Cl)c1F. The van der Waals surface area contributed by atoms with Crippen LogP contribution in [0.5, 0.6) is 0 Å². The molecule has 0 saturated carbocycles. The second-order valence-corrected chi connectivity index (χ2v) is 11.8. The lowest BCUT2D eigenvalue weighted by Crippen LogP contribution is -2.49. The Morgan fingerprint density at radius 1 is 1.16 bits per heavy atom. The van der Waals surface area contributed by atoms with Gasteiger partial charge in [-0.2, -0.15) is 0 Å². The molecule has 0 aromatic heterocycles. The van der Waals surface area contributed by atoms with Crippen molar-refractivity contribution in [1.29, 1.82) is 0 Å². The number of amides is 2. The molecule has 2 aliphatic rings. The normalized spacial score (nSPS) is 24.5. The van der Waals surface area contributed by atoms with E-state index in [1.165, 1.54) is 6.07 Å². The summed E-state index contributed by atoms with van der Waals surface area (Å²) < 4.78 is 26.2. The number of anilines is 1. The van der Waals surface area contributed by atoms with Gasteiger partial charge >= 0.3 is 0 Å². The maximum absolute atomic E-state index is 15.7. The quantitative estimate of drug-likeness (QED) is 0.385. The second-order valence-electron chi connectivity index (χ2n) is 11.0. The summed E-state index contributed by atoms with van der Waals surface area (Å²) in [6, 6.07) is 8.50. The fraction of sp³-hybridized carbons (Fsp3) is 0.500. The lowest BCUT2D eigenvalue weighted by molar-refractivity contribution is -0.124. The van der Waals surface area contributed by atoms with Gasteiger partial charge in [0.2, 0.25) is 11.8 Å². The Balaban J connectivity index is 1.82. The van der Waals surface area contributed by atoms with Crippen LogP contribution in [0.25, 0.3) is 0 Å². The first kappa shape index (κ1) is 28.8. The van der Waals surface area contributed by atoms with Gasteiger partial charge in [0.05, 0.1) is 30.9 Å². The van der Waals surface area contributed by atoms with Crippen molar-refractivity contribution in [2.24, 2.45) is 5.41 Å². The molecule has 4 atom stereocenters. The number of ether oxygens (including phenoxy) is 2. The maximum atomic E-state index is 15.7. The molecular weight excluding hydrogens is 532 g/mol. The van der Waals surface area contributed by atoms with Crippen molar-refractivity contribution in [2.75, 3.05) is 38.8 Å². The van der Waals surface area contributed by atoms with E-state index in [1.807, 2.05) is 0 Å². The number of hydrogen-bond donors (Lipinski definition) is 3. The highest BCUT2D eigenvalue weighted by Crippen LogP contribution is 2.57. The Labute approximate surface area is 232 Å².